The first-order chi connectivity index (χ1) is 26.3. The lowest BCUT2D eigenvalue weighted by molar-refractivity contribution is 0.645. The summed E-state index contributed by atoms with van der Waals surface area (Å²) in [6, 6.07) is 63.0. The Morgan fingerprint density at radius 3 is 1.78 bits per heavy atom. The van der Waals surface area contributed by atoms with Crippen LogP contribution in [0.1, 0.15) is 49.9 Å². The summed E-state index contributed by atoms with van der Waals surface area (Å²) < 4.78 is 2.52. The van der Waals surface area contributed by atoms with Crippen LogP contribution in [0, 0.1) is 0 Å². The molecule has 0 N–H and O–H groups in total. The zero-order valence-electron chi connectivity index (χ0n) is 31.1. The van der Waals surface area contributed by atoms with Gasteiger partial charge in [0.2, 0.25) is 0 Å². The van der Waals surface area contributed by atoms with Crippen molar-refractivity contribution in [2.75, 3.05) is 4.90 Å². The van der Waals surface area contributed by atoms with Crippen LogP contribution in [-0.2, 0) is 10.8 Å². The number of nitrogens with zero attached hydrogens (tertiary/aromatic N) is 2. The van der Waals surface area contributed by atoms with Crippen LogP contribution >= 0.6 is 0 Å². The highest BCUT2D eigenvalue weighted by Crippen LogP contribution is 2.54. The zero-order chi connectivity index (χ0) is 36.3. The maximum Gasteiger partial charge on any atom is 0.0553 e. The fourth-order valence-electron chi connectivity index (χ4n) is 9.95. The van der Waals surface area contributed by atoms with Gasteiger partial charge in [-0.15, -0.1) is 0 Å². The number of anilines is 3. The number of hydrogen-bond donors (Lipinski definition) is 0. The van der Waals surface area contributed by atoms with Gasteiger partial charge in [0.1, 0.15) is 0 Å². The SMILES string of the molecule is CC1(C)c2cc(N(c3ccccc3)c3ccccc3)ccc2-c2ccc(-n3c4ccccc4c4c5c6c(cccc6cc43)C(C)(C)c3ccccc3-5)cc21. The third-order valence-electron chi connectivity index (χ3n) is 12.5. The number of para-hydroxylation sites is 3. The molecule has 11 rings (SSSR count). The van der Waals surface area contributed by atoms with E-state index in [0.717, 1.165) is 11.4 Å². The summed E-state index contributed by atoms with van der Waals surface area (Å²) in [6.07, 6.45) is 0. The topological polar surface area (TPSA) is 8.17 Å². The van der Waals surface area contributed by atoms with E-state index < -0.39 is 0 Å². The second-order valence-electron chi connectivity index (χ2n) is 16.2. The van der Waals surface area contributed by atoms with E-state index in [-0.39, 0.29) is 10.8 Å². The standard InChI is InChI=1S/C52H40N2/c1-51(2)42-23-13-11-21-40(42)50-48-33(16-15-24-43(48)51)30-47-49(50)41-22-12-14-25-46(41)54(47)37-27-29-39-38-28-26-36(31-44(38)52(3,4)45(39)32-37)53(34-17-7-5-8-18-34)35-19-9-6-10-20-35/h5-32H,1-4H3. The van der Waals surface area contributed by atoms with Crippen molar-refractivity contribution in [1.29, 1.82) is 0 Å². The summed E-state index contributed by atoms with van der Waals surface area (Å²) in [4.78, 5) is 2.37. The van der Waals surface area contributed by atoms with Crippen molar-refractivity contribution in [3.05, 3.63) is 192 Å². The van der Waals surface area contributed by atoms with E-state index in [1.807, 2.05) is 0 Å². The molecule has 0 saturated heterocycles. The van der Waals surface area contributed by atoms with E-state index in [4.69, 9.17) is 0 Å². The molecule has 2 nitrogen and oxygen atoms in total. The van der Waals surface area contributed by atoms with Crippen molar-refractivity contribution in [3.8, 4) is 27.9 Å². The minimum absolute atomic E-state index is 0.0885. The lowest BCUT2D eigenvalue weighted by atomic mass is 9.68. The molecular weight excluding hydrogens is 653 g/mol. The first kappa shape index (κ1) is 31.2. The van der Waals surface area contributed by atoms with Gasteiger partial charge in [-0.1, -0.05) is 137 Å². The van der Waals surface area contributed by atoms with E-state index in [2.05, 4.69) is 207 Å². The highest BCUT2D eigenvalue weighted by molar-refractivity contribution is 6.24. The van der Waals surface area contributed by atoms with Crippen molar-refractivity contribution in [2.45, 2.75) is 38.5 Å². The van der Waals surface area contributed by atoms with Crippen LogP contribution in [0.3, 0.4) is 0 Å². The van der Waals surface area contributed by atoms with Crippen molar-refractivity contribution in [3.63, 3.8) is 0 Å². The average molecular weight is 693 g/mol. The lowest BCUT2D eigenvalue weighted by Crippen LogP contribution is -2.23. The molecule has 9 aromatic rings. The number of aromatic nitrogens is 1. The van der Waals surface area contributed by atoms with Gasteiger partial charge in [0.05, 0.1) is 11.0 Å². The Balaban J connectivity index is 1.12. The molecule has 2 aliphatic carbocycles. The van der Waals surface area contributed by atoms with E-state index >= 15 is 0 Å². The molecule has 258 valence electrons. The van der Waals surface area contributed by atoms with Crippen LogP contribution in [0.2, 0.25) is 0 Å². The highest BCUT2D eigenvalue weighted by atomic mass is 15.1. The van der Waals surface area contributed by atoms with Crippen molar-refractivity contribution < 1.29 is 0 Å². The second-order valence-corrected chi connectivity index (χ2v) is 16.2. The molecule has 2 aliphatic rings. The van der Waals surface area contributed by atoms with Crippen LogP contribution in [0.15, 0.2) is 170 Å². The molecule has 0 spiro atoms. The van der Waals surface area contributed by atoms with E-state index in [1.165, 1.54) is 88.5 Å². The summed E-state index contributed by atoms with van der Waals surface area (Å²) >= 11 is 0. The van der Waals surface area contributed by atoms with Crippen molar-refractivity contribution in [1.82, 2.24) is 4.57 Å². The van der Waals surface area contributed by atoms with Gasteiger partial charge in [-0.25, -0.2) is 0 Å². The fourth-order valence-corrected chi connectivity index (χ4v) is 9.95. The number of rotatable bonds is 4. The summed E-state index contributed by atoms with van der Waals surface area (Å²) in [5, 5.41) is 5.31. The molecule has 54 heavy (non-hydrogen) atoms. The minimum Gasteiger partial charge on any atom is -0.310 e. The van der Waals surface area contributed by atoms with Crippen LogP contribution in [0.25, 0.3) is 60.5 Å². The van der Waals surface area contributed by atoms with Crippen molar-refractivity contribution >= 4 is 49.6 Å². The van der Waals surface area contributed by atoms with E-state index in [0.29, 0.717) is 0 Å². The molecule has 0 fully saturated rings. The van der Waals surface area contributed by atoms with Gasteiger partial charge >= 0.3 is 0 Å². The molecule has 0 aliphatic heterocycles. The monoisotopic (exact) mass is 692 g/mol. The van der Waals surface area contributed by atoms with Crippen molar-refractivity contribution in [2.24, 2.45) is 0 Å². The second kappa shape index (κ2) is 11.1. The Kier molecular flexibility index (Phi) is 6.39. The fraction of sp³-hybridized carbons (Fsp3) is 0.115. The van der Waals surface area contributed by atoms with E-state index in [9.17, 15) is 0 Å². The first-order valence-corrected chi connectivity index (χ1v) is 19.1. The zero-order valence-corrected chi connectivity index (χ0v) is 31.1. The number of hydrogen-bond acceptors (Lipinski definition) is 1. The number of fused-ring (bicyclic) bond motifs is 9. The third kappa shape index (κ3) is 4.17. The summed E-state index contributed by atoms with van der Waals surface area (Å²) in [6.45, 7) is 9.55. The molecule has 1 heterocycles. The van der Waals surface area contributed by atoms with Gasteiger partial charge in [-0.3, -0.25) is 0 Å². The Bertz CT molecular complexity index is 2940. The van der Waals surface area contributed by atoms with Gasteiger partial charge in [0.15, 0.2) is 0 Å². The molecule has 0 bridgehead atoms. The molecular formula is C52H40N2. The molecule has 0 unspecified atom stereocenters. The molecule has 0 atom stereocenters. The van der Waals surface area contributed by atoms with Gasteiger partial charge in [0.25, 0.3) is 0 Å². The first-order valence-electron chi connectivity index (χ1n) is 19.1. The predicted molar refractivity (Wildman–Crippen MR) is 228 cm³/mol. The van der Waals surface area contributed by atoms with Crippen LogP contribution < -0.4 is 4.90 Å². The molecule has 2 heteroatoms. The Morgan fingerprint density at radius 2 is 1.02 bits per heavy atom. The third-order valence-corrected chi connectivity index (χ3v) is 12.5. The van der Waals surface area contributed by atoms with E-state index in [1.54, 1.807) is 0 Å². The molecule has 0 radical (unpaired) electrons. The summed E-state index contributed by atoms with van der Waals surface area (Å²) in [5.74, 6) is 0. The predicted octanol–water partition coefficient (Wildman–Crippen LogP) is 14.0. The van der Waals surface area contributed by atoms with Crippen LogP contribution in [0.5, 0.6) is 0 Å². The summed E-state index contributed by atoms with van der Waals surface area (Å²) in [5.41, 5.74) is 17.7. The summed E-state index contributed by atoms with van der Waals surface area (Å²) in [7, 11) is 0. The Labute approximate surface area is 316 Å². The average Bonchev–Trinajstić information content (AvgIpc) is 3.65. The molecule has 0 amide bonds. The molecule has 8 aromatic carbocycles. The molecule has 1 aromatic heterocycles. The van der Waals surface area contributed by atoms with Gasteiger partial charge in [-0.2, -0.15) is 0 Å². The van der Waals surface area contributed by atoms with Gasteiger partial charge in [-0.05, 0) is 110 Å². The minimum atomic E-state index is -0.202. The smallest absolute Gasteiger partial charge is 0.0553 e. The molecule has 0 saturated carbocycles. The quantitative estimate of drug-likeness (QED) is 0.178. The number of benzene rings is 8. The lowest BCUT2D eigenvalue weighted by Gasteiger charge is -2.35. The maximum absolute atomic E-state index is 2.52. The Morgan fingerprint density at radius 1 is 0.407 bits per heavy atom. The van der Waals surface area contributed by atoms with Crippen LogP contribution in [0.4, 0.5) is 17.1 Å². The van der Waals surface area contributed by atoms with Gasteiger partial charge < -0.3 is 9.47 Å². The maximum atomic E-state index is 2.52. The largest absolute Gasteiger partial charge is 0.310 e. The normalized spacial score (nSPS) is 14.6. The highest BCUT2D eigenvalue weighted by Gasteiger charge is 2.38. The van der Waals surface area contributed by atoms with Gasteiger partial charge in [0, 0.05) is 49.9 Å². The van der Waals surface area contributed by atoms with Crippen LogP contribution in [-0.4, -0.2) is 4.57 Å². The Hall–Kier alpha value is -6.38.